The molecule has 2 rings (SSSR count). The van der Waals surface area contributed by atoms with Crippen molar-refractivity contribution in [3.8, 4) is 0 Å². The number of aryl methyl sites for hydroxylation is 1. The summed E-state index contributed by atoms with van der Waals surface area (Å²) in [4.78, 5) is 10.9. The van der Waals surface area contributed by atoms with Gasteiger partial charge in [0.1, 0.15) is 11.3 Å². The molecule has 2 heterocycles. The van der Waals surface area contributed by atoms with Crippen LogP contribution in [0.3, 0.4) is 0 Å². The Hall–Kier alpha value is -0.710. The van der Waals surface area contributed by atoms with Gasteiger partial charge in [-0.3, -0.25) is 0 Å². The lowest BCUT2D eigenvalue weighted by molar-refractivity contribution is -0.0255. The molecule has 1 saturated heterocycles. The molecule has 0 aromatic carbocycles. The van der Waals surface area contributed by atoms with Crippen LogP contribution in [0.25, 0.3) is 0 Å². The molecule has 0 spiro atoms. The SMILES string of the molecule is CCc1cc(Cl)nc(C2CN(C)CCO2)n1. The number of morpholine rings is 1. The van der Waals surface area contributed by atoms with E-state index in [-0.39, 0.29) is 6.10 Å². The minimum absolute atomic E-state index is 0.0530. The van der Waals surface area contributed by atoms with Gasteiger partial charge < -0.3 is 9.64 Å². The Morgan fingerprint density at radius 1 is 1.56 bits per heavy atom. The number of rotatable bonds is 2. The van der Waals surface area contributed by atoms with E-state index in [1.807, 2.05) is 0 Å². The van der Waals surface area contributed by atoms with Crippen LogP contribution in [-0.2, 0) is 11.2 Å². The van der Waals surface area contributed by atoms with Crippen LogP contribution in [0, 0.1) is 0 Å². The predicted octanol–water partition coefficient (Wildman–Crippen LogP) is 1.70. The molecule has 1 aliphatic rings. The monoisotopic (exact) mass is 241 g/mol. The molecule has 0 bridgehead atoms. The summed E-state index contributed by atoms with van der Waals surface area (Å²) in [6.07, 6.45) is 0.806. The highest BCUT2D eigenvalue weighted by Crippen LogP contribution is 2.20. The lowest BCUT2D eigenvalue weighted by Crippen LogP contribution is -2.36. The number of likely N-dealkylation sites (N-methyl/N-ethyl adjacent to an activating group) is 1. The fourth-order valence-electron chi connectivity index (χ4n) is 1.74. The highest BCUT2D eigenvalue weighted by Gasteiger charge is 2.22. The van der Waals surface area contributed by atoms with E-state index in [0.29, 0.717) is 11.0 Å². The van der Waals surface area contributed by atoms with Crippen molar-refractivity contribution < 1.29 is 4.74 Å². The van der Waals surface area contributed by atoms with Crippen LogP contribution < -0.4 is 0 Å². The van der Waals surface area contributed by atoms with Crippen molar-refractivity contribution >= 4 is 11.6 Å². The van der Waals surface area contributed by atoms with Gasteiger partial charge in [-0.2, -0.15) is 0 Å². The third-order valence-corrected chi connectivity index (χ3v) is 2.88. The average molecular weight is 242 g/mol. The normalized spacial score (nSPS) is 22.3. The summed E-state index contributed by atoms with van der Waals surface area (Å²) in [7, 11) is 2.07. The molecule has 0 N–H and O–H groups in total. The summed E-state index contributed by atoms with van der Waals surface area (Å²) in [5.41, 5.74) is 0.965. The average Bonchev–Trinajstić information content (AvgIpc) is 2.28. The van der Waals surface area contributed by atoms with Crippen molar-refractivity contribution in [2.24, 2.45) is 0 Å². The molecule has 1 atom stereocenters. The molecule has 4 nitrogen and oxygen atoms in total. The van der Waals surface area contributed by atoms with Crippen LogP contribution in [-0.4, -0.2) is 41.6 Å². The van der Waals surface area contributed by atoms with Gasteiger partial charge in [-0.05, 0) is 19.5 Å². The molecule has 1 aromatic heterocycles. The van der Waals surface area contributed by atoms with Crippen LogP contribution in [0.1, 0.15) is 24.5 Å². The van der Waals surface area contributed by atoms with Crippen LogP contribution in [0.5, 0.6) is 0 Å². The number of halogens is 1. The highest BCUT2D eigenvalue weighted by molar-refractivity contribution is 6.29. The molecule has 88 valence electrons. The minimum atomic E-state index is -0.0530. The van der Waals surface area contributed by atoms with E-state index in [1.165, 1.54) is 0 Å². The van der Waals surface area contributed by atoms with Crippen molar-refractivity contribution in [3.63, 3.8) is 0 Å². The van der Waals surface area contributed by atoms with Gasteiger partial charge in [0.25, 0.3) is 0 Å². The Bertz CT molecular complexity index is 372. The van der Waals surface area contributed by atoms with Crippen molar-refractivity contribution in [1.29, 1.82) is 0 Å². The maximum Gasteiger partial charge on any atom is 0.160 e. The molecular weight excluding hydrogens is 226 g/mol. The first-order valence-electron chi connectivity index (χ1n) is 5.52. The van der Waals surface area contributed by atoms with Crippen molar-refractivity contribution in [2.45, 2.75) is 19.4 Å². The van der Waals surface area contributed by atoms with Gasteiger partial charge in [0, 0.05) is 18.8 Å². The molecule has 0 saturated carbocycles. The quantitative estimate of drug-likeness (QED) is 0.739. The van der Waals surface area contributed by atoms with Gasteiger partial charge in [-0.1, -0.05) is 18.5 Å². The zero-order valence-corrected chi connectivity index (χ0v) is 10.4. The first-order chi connectivity index (χ1) is 7.69. The second kappa shape index (κ2) is 5.08. The maximum atomic E-state index is 5.96. The van der Waals surface area contributed by atoms with Gasteiger partial charge in [-0.25, -0.2) is 9.97 Å². The Morgan fingerprint density at radius 3 is 3.06 bits per heavy atom. The molecule has 1 aliphatic heterocycles. The third kappa shape index (κ3) is 2.70. The molecular formula is C11H16ClN3O. The summed E-state index contributed by atoms with van der Waals surface area (Å²) in [6, 6.07) is 1.80. The molecule has 1 unspecified atom stereocenters. The van der Waals surface area contributed by atoms with E-state index in [4.69, 9.17) is 16.3 Å². The van der Waals surface area contributed by atoms with Crippen LogP contribution in [0.4, 0.5) is 0 Å². The Kier molecular flexibility index (Phi) is 3.74. The standard InChI is InChI=1S/C11H16ClN3O/c1-3-8-6-10(12)14-11(13-8)9-7-15(2)4-5-16-9/h6,9H,3-5,7H2,1-2H3. The summed E-state index contributed by atoms with van der Waals surface area (Å²) in [5, 5.41) is 0.499. The molecule has 0 amide bonds. The second-order valence-electron chi connectivity index (χ2n) is 4.02. The zero-order valence-electron chi connectivity index (χ0n) is 9.61. The lowest BCUT2D eigenvalue weighted by Gasteiger charge is -2.29. The van der Waals surface area contributed by atoms with E-state index in [2.05, 4.69) is 28.8 Å². The van der Waals surface area contributed by atoms with Crippen LogP contribution >= 0.6 is 11.6 Å². The predicted molar refractivity (Wildman–Crippen MR) is 62.6 cm³/mol. The Morgan fingerprint density at radius 2 is 2.38 bits per heavy atom. The van der Waals surface area contributed by atoms with E-state index in [1.54, 1.807) is 6.07 Å². The minimum Gasteiger partial charge on any atom is -0.368 e. The molecule has 0 aliphatic carbocycles. The van der Waals surface area contributed by atoms with Gasteiger partial charge in [0.05, 0.1) is 6.61 Å². The van der Waals surface area contributed by atoms with Crippen molar-refractivity contribution in [3.05, 3.63) is 22.7 Å². The van der Waals surface area contributed by atoms with Gasteiger partial charge >= 0.3 is 0 Å². The Balaban J connectivity index is 2.21. The first-order valence-corrected chi connectivity index (χ1v) is 5.90. The highest BCUT2D eigenvalue weighted by atomic mass is 35.5. The molecule has 1 fully saturated rings. The van der Waals surface area contributed by atoms with Crippen molar-refractivity contribution in [1.82, 2.24) is 14.9 Å². The van der Waals surface area contributed by atoms with Crippen LogP contribution in [0.15, 0.2) is 6.07 Å². The van der Waals surface area contributed by atoms with Crippen molar-refractivity contribution in [2.75, 3.05) is 26.7 Å². The van der Waals surface area contributed by atoms with Gasteiger partial charge in [0.2, 0.25) is 0 Å². The molecule has 0 radical (unpaired) electrons. The molecule has 16 heavy (non-hydrogen) atoms. The number of hydrogen-bond donors (Lipinski definition) is 0. The van der Waals surface area contributed by atoms with Gasteiger partial charge in [0.15, 0.2) is 5.82 Å². The van der Waals surface area contributed by atoms with Crippen LogP contribution in [0.2, 0.25) is 5.15 Å². The fraction of sp³-hybridized carbons (Fsp3) is 0.636. The maximum absolute atomic E-state index is 5.96. The number of nitrogens with zero attached hydrogens (tertiary/aromatic N) is 3. The number of aromatic nitrogens is 2. The second-order valence-corrected chi connectivity index (χ2v) is 4.40. The van der Waals surface area contributed by atoms with E-state index in [0.717, 1.165) is 31.8 Å². The smallest absolute Gasteiger partial charge is 0.160 e. The first kappa shape index (κ1) is 11.8. The molecule has 5 heteroatoms. The lowest BCUT2D eigenvalue weighted by atomic mass is 10.2. The summed E-state index contributed by atoms with van der Waals surface area (Å²) >= 11 is 5.96. The third-order valence-electron chi connectivity index (χ3n) is 2.68. The fourth-order valence-corrected chi connectivity index (χ4v) is 1.96. The summed E-state index contributed by atoms with van der Waals surface area (Å²) in [6.45, 7) is 4.55. The molecule has 1 aromatic rings. The number of hydrogen-bond acceptors (Lipinski definition) is 4. The largest absolute Gasteiger partial charge is 0.368 e. The summed E-state index contributed by atoms with van der Waals surface area (Å²) < 4.78 is 5.66. The van der Waals surface area contributed by atoms with E-state index < -0.39 is 0 Å². The van der Waals surface area contributed by atoms with Gasteiger partial charge in [-0.15, -0.1) is 0 Å². The Labute approximate surface area is 101 Å². The number of ether oxygens (including phenoxy) is 1. The summed E-state index contributed by atoms with van der Waals surface area (Å²) in [5.74, 6) is 0.705. The topological polar surface area (TPSA) is 38.2 Å². The van der Waals surface area contributed by atoms with E-state index >= 15 is 0 Å². The van der Waals surface area contributed by atoms with E-state index in [9.17, 15) is 0 Å². The zero-order chi connectivity index (χ0) is 11.5.